The molecule has 0 radical (unpaired) electrons. The van der Waals surface area contributed by atoms with Crippen LogP contribution in [0, 0.1) is 6.92 Å². The van der Waals surface area contributed by atoms with Gasteiger partial charge in [0, 0.05) is 13.1 Å². The van der Waals surface area contributed by atoms with Gasteiger partial charge in [-0.25, -0.2) is 0 Å². The molecule has 1 amide bonds. The minimum Gasteiger partial charge on any atom is -0.481 e. The number of rotatable bonds is 5. The lowest BCUT2D eigenvalue weighted by Crippen LogP contribution is -2.32. The molecule has 6 heteroatoms. The van der Waals surface area contributed by atoms with Gasteiger partial charge < -0.3 is 10.0 Å². The Kier molecular flexibility index (Phi) is 5.14. The minimum atomic E-state index is -0.889. The van der Waals surface area contributed by atoms with E-state index in [4.69, 9.17) is 5.11 Å². The molecule has 0 bridgehead atoms. The van der Waals surface area contributed by atoms with Crippen molar-refractivity contribution < 1.29 is 14.7 Å². The summed E-state index contributed by atoms with van der Waals surface area (Å²) >= 11 is 4.75. The molecule has 0 aliphatic heterocycles. The molecule has 0 saturated heterocycles. The van der Waals surface area contributed by atoms with Crippen molar-refractivity contribution in [3.8, 4) is 0 Å². The molecule has 0 unspecified atom stereocenters. The smallest absolute Gasteiger partial charge is 0.305 e. The second kappa shape index (κ2) is 6.16. The van der Waals surface area contributed by atoms with Crippen molar-refractivity contribution in [2.45, 2.75) is 20.3 Å². The number of hydrogen-bond donors (Lipinski definition) is 1. The number of halogens is 1. The molecule has 1 N–H and O–H groups in total. The SMILES string of the molecule is CCN(CCC(=O)O)C(=O)c1cc(C)c(Br)s1. The van der Waals surface area contributed by atoms with E-state index in [1.807, 2.05) is 19.9 Å². The molecule has 1 heterocycles. The second-order valence-electron chi connectivity index (χ2n) is 3.60. The van der Waals surface area contributed by atoms with Gasteiger partial charge in [0.2, 0.25) is 0 Å². The Morgan fingerprint density at radius 1 is 1.53 bits per heavy atom. The fourth-order valence-electron chi connectivity index (χ4n) is 1.35. The van der Waals surface area contributed by atoms with Gasteiger partial charge >= 0.3 is 5.97 Å². The molecule has 17 heavy (non-hydrogen) atoms. The van der Waals surface area contributed by atoms with Crippen LogP contribution in [0.4, 0.5) is 0 Å². The van der Waals surface area contributed by atoms with E-state index in [0.29, 0.717) is 11.4 Å². The van der Waals surface area contributed by atoms with Gasteiger partial charge in [-0.05, 0) is 41.4 Å². The zero-order valence-electron chi connectivity index (χ0n) is 9.70. The Labute approximate surface area is 112 Å². The molecule has 1 aromatic heterocycles. The van der Waals surface area contributed by atoms with Crippen molar-refractivity contribution >= 4 is 39.1 Å². The van der Waals surface area contributed by atoms with Crippen LogP contribution in [0.2, 0.25) is 0 Å². The molecule has 94 valence electrons. The van der Waals surface area contributed by atoms with Crippen LogP contribution in [-0.2, 0) is 4.79 Å². The fraction of sp³-hybridized carbons (Fsp3) is 0.455. The summed E-state index contributed by atoms with van der Waals surface area (Å²) in [4.78, 5) is 24.8. The summed E-state index contributed by atoms with van der Waals surface area (Å²) in [6.07, 6.45) is -0.0227. The van der Waals surface area contributed by atoms with Gasteiger partial charge in [-0.1, -0.05) is 0 Å². The van der Waals surface area contributed by atoms with E-state index < -0.39 is 5.97 Å². The summed E-state index contributed by atoms with van der Waals surface area (Å²) in [6.45, 7) is 4.53. The molecule has 4 nitrogen and oxygen atoms in total. The molecular formula is C11H14BrNO3S. The minimum absolute atomic E-state index is 0.0227. The molecule has 0 atom stereocenters. The third kappa shape index (κ3) is 3.81. The molecule has 0 fully saturated rings. The Hall–Kier alpha value is -0.880. The zero-order chi connectivity index (χ0) is 13.0. The van der Waals surface area contributed by atoms with E-state index in [-0.39, 0.29) is 18.9 Å². The lowest BCUT2D eigenvalue weighted by atomic mass is 10.3. The maximum atomic E-state index is 12.1. The van der Waals surface area contributed by atoms with Crippen LogP contribution in [0.1, 0.15) is 28.6 Å². The Morgan fingerprint density at radius 3 is 2.59 bits per heavy atom. The third-order valence-electron chi connectivity index (χ3n) is 2.33. The van der Waals surface area contributed by atoms with Gasteiger partial charge in [0.05, 0.1) is 15.1 Å². The van der Waals surface area contributed by atoms with Gasteiger partial charge in [0.25, 0.3) is 5.91 Å². The van der Waals surface area contributed by atoms with Crippen molar-refractivity contribution in [1.82, 2.24) is 4.90 Å². The highest BCUT2D eigenvalue weighted by molar-refractivity contribution is 9.11. The van der Waals surface area contributed by atoms with Crippen LogP contribution in [0.5, 0.6) is 0 Å². The van der Waals surface area contributed by atoms with Crippen LogP contribution >= 0.6 is 27.3 Å². The van der Waals surface area contributed by atoms with E-state index >= 15 is 0 Å². The first-order valence-corrected chi connectivity index (χ1v) is 6.83. The number of carbonyl (C=O) groups is 2. The maximum Gasteiger partial charge on any atom is 0.305 e. The Balaban J connectivity index is 2.75. The van der Waals surface area contributed by atoms with E-state index in [2.05, 4.69) is 15.9 Å². The summed E-state index contributed by atoms with van der Waals surface area (Å²) in [6, 6.07) is 1.82. The van der Waals surface area contributed by atoms with Gasteiger partial charge in [-0.2, -0.15) is 0 Å². The molecule has 0 spiro atoms. The number of nitrogens with zero attached hydrogens (tertiary/aromatic N) is 1. The molecule has 0 aromatic carbocycles. The standard InChI is InChI=1S/C11H14BrNO3S/c1-3-13(5-4-9(14)15)11(16)8-6-7(2)10(12)17-8/h6H,3-5H2,1-2H3,(H,14,15). The van der Waals surface area contributed by atoms with E-state index in [9.17, 15) is 9.59 Å². The lowest BCUT2D eigenvalue weighted by Gasteiger charge is -2.18. The molecular weight excluding hydrogens is 306 g/mol. The van der Waals surface area contributed by atoms with Crippen LogP contribution in [0.25, 0.3) is 0 Å². The summed E-state index contributed by atoms with van der Waals surface area (Å²) in [7, 11) is 0. The van der Waals surface area contributed by atoms with Crippen LogP contribution in [-0.4, -0.2) is 35.0 Å². The summed E-state index contributed by atoms with van der Waals surface area (Å²) in [5.41, 5.74) is 1.02. The first kappa shape index (κ1) is 14.2. The van der Waals surface area contributed by atoms with Crippen molar-refractivity contribution in [2.24, 2.45) is 0 Å². The highest BCUT2D eigenvalue weighted by atomic mass is 79.9. The van der Waals surface area contributed by atoms with Gasteiger partial charge in [0.1, 0.15) is 0 Å². The zero-order valence-corrected chi connectivity index (χ0v) is 12.1. The Morgan fingerprint density at radius 2 is 2.18 bits per heavy atom. The van der Waals surface area contributed by atoms with Crippen LogP contribution in [0.15, 0.2) is 9.85 Å². The van der Waals surface area contributed by atoms with Gasteiger partial charge in [0.15, 0.2) is 0 Å². The molecule has 0 aliphatic carbocycles. The number of aryl methyl sites for hydroxylation is 1. The first-order valence-electron chi connectivity index (χ1n) is 5.22. The number of carboxylic acid groups (broad SMARTS) is 1. The van der Waals surface area contributed by atoms with E-state index in [0.717, 1.165) is 9.35 Å². The summed E-state index contributed by atoms with van der Waals surface area (Å²) in [5, 5.41) is 8.62. The number of hydrogen-bond acceptors (Lipinski definition) is 3. The normalized spacial score (nSPS) is 10.3. The van der Waals surface area contributed by atoms with Crippen molar-refractivity contribution in [3.05, 3.63) is 20.3 Å². The predicted octanol–water partition coefficient (Wildman–Crippen LogP) is 2.76. The van der Waals surface area contributed by atoms with E-state index in [1.165, 1.54) is 11.3 Å². The number of thiophene rings is 1. The monoisotopic (exact) mass is 319 g/mol. The van der Waals surface area contributed by atoms with Crippen molar-refractivity contribution in [1.29, 1.82) is 0 Å². The Bertz CT molecular complexity index is 411. The second-order valence-corrected chi connectivity index (χ2v) is 5.97. The largest absolute Gasteiger partial charge is 0.481 e. The molecule has 1 rings (SSSR count). The lowest BCUT2D eigenvalue weighted by molar-refractivity contribution is -0.137. The van der Waals surface area contributed by atoms with Gasteiger partial charge in [-0.3, -0.25) is 9.59 Å². The van der Waals surface area contributed by atoms with Gasteiger partial charge in [-0.15, -0.1) is 11.3 Å². The highest BCUT2D eigenvalue weighted by Gasteiger charge is 2.18. The highest BCUT2D eigenvalue weighted by Crippen LogP contribution is 2.28. The number of carboxylic acids is 1. The van der Waals surface area contributed by atoms with Crippen LogP contribution in [0.3, 0.4) is 0 Å². The summed E-state index contributed by atoms with van der Waals surface area (Å²) < 4.78 is 0.940. The van der Waals surface area contributed by atoms with E-state index in [1.54, 1.807) is 4.90 Å². The number of amides is 1. The van der Waals surface area contributed by atoms with Crippen molar-refractivity contribution in [3.63, 3.8) is 0 Å². The fourth-order valence-corrected chi connectivity index (χ4v) is 2.86. The molecule has 0 aliphatic rings. The van der Waals surface area contributed by atoms with Crippen LogP contribution < -0.4 is 0 Å². The molecule has 0 saturated carbocycles. The maximum absolute atomic E-state index is 12.1. The third-order valence-corrected chi connectivity index (χ3v) is 4.46. The quantitative estimate of drug-likeness (QED) is 0.907. The topological polar surface area (TPSA) is 57.6 Å². The summed E-state index contributed by atoms with van der Waals surface area (Å²) in [5.74, 6) is -0.993. The predicted molar refractivity (Wildman–Crippen MR) is 70.6 cm³/mol. The first-order chi connectivity index (χ1) is 7.95. The number of carbonyl (C=O) groups excluding carboxylic acids is 1. The molecule has 1 aromatic rings. The average Bonchev–Trinajstić information content (AvgIpc) is 2.59. The average molecular weight is 320 g/mol. The van der Waals surface area contributed by atoms with Crippen molar-refractivity contribution in [2.75, 3.05) is 13.1 Å². The number of aliphatic carboxylic acids is 1.